The summed E-state index contributed by atoms with van der Waals surface area (Å²) in [6, 6.07) is 19.5. The van der Waals surface area contributed by atoms with Crippen LogP contribution in [0.4, 0.5) is 0 Å². The molecular weight excluding hydrogens is 446 g/mol. The molecule has 0 N–H and O–H groups in total. The first-order valence-corrected chi connectivity index (χ1v) is 7.02. The SMILES string of the molecule is CCc1cc2c(-c3ccccc3Br)cccc2[cH-]1.[Cl-].[Cl-].[Zr+3]. The van der Waals surface area contributed by atoms with Crippen molar-refractivity contribution < 1.29 is 51.0 Å². The third kappa shape index (κ3) is 4.26. The molecule has 0 spiro atoms. The van der Waals surface area contributed by atoms with Crippen LogP contribution in [-0.4, -0.2) is 0 Å². The van der Waals surface area contributed by atoms with E-state index in [0.717, 1.165) is 10.9 Å². The van der Waals surface area contributed by atoms with Gasteiger partial charge in [-0.25, -0.2) is 0 Å². The minimum Gasteiger partial charge on any atom is -1.00 e. The number of hydrogen-bond acceptors (Lipinski definition) is 0. The van der Waals surface area contributed by atoms with Gasteiger partial charge >= 0.3 is 26.2 Å². The molecule has 107 valence electrons. The van der Waals surface area contributed by atoms with Gasteiger partial charge in [0.1, 0.15) is 0 Å². The molecule has 0 nitrogen and oxygen atoms in total. The number of halogens is 3. The fourth-order valence-electron chi connectivity index (χ4n) is 2.42. The Morgan fingerprint density at radius 3 is 2.29 bits per heavy atom. The Kier molecular flexibility index (Phi) is 9.20. The molecule has 3 rings (SSSR count). The van der Waals surface area contributed by atoms with E-state index in [4.69, 9.17) is 0 Å². The summed E-state index contributed by atoms with van der Waals surface area (Å²) in [6.07, 6.45) is 1.09. The van der Waals surface area contributed by atoms with Crippen LogP contribution in [-0.2, 0) is 32.6 Å². The zero-order valence-corrected chi connectivity index (χ0v) is 17.1. The van der Waals surface area contributed by atoms with Crippen molar-refractivity contribution in [1.82, 2.24) is 0 Å². The molecule has 0 heterocycles. The monoisotopic (exact) mass is 457 g/mol. The van der Waals surface area contributed by atoms with Crippen LogP contribution in [0.15, 0.2) is 59.1 Å². The number of fused-ring (bicyclic) bond motifs is 1. The molecule has 3 aromatic rings. The van der Waals surface area contributed by atoms with Crippen LogP contribution in [0.25, 0.3) is 21.9 Å². The van der Waals surface area contributed by atoms with Gasteiger partial charge < -0.3 is 24.8 Å². The summed E-state index contributed by atoms with van der Waals surface area (Å²) in [5.41, 5.74) is 3.97. The Labute approximate surface area is 165 Å². The van der Waals surface area contributed by atoms with Crippen LogP contribution in [0.3, 0.4) is 0 Å². The van der Waals surface area contributed by atoms with Crippen molar-refractivity contribution >= 4 is 26.7 Å². The van der Waals surface area contributed by atoms with Crippen molar-refractivity contribution in [3.8, 4) is 11.1 Å². The van der Waals surface area contributed by atoms with Gasteiger partial charge in [0, 0.05) is 4.47 Å². The molecule has 1 radical (unpaired) electrons. The van der Waals surface area contributed by atoms with E-state index in [0.29, 0.717) is 0 Å². The molecule has 0 amide bonds. The third-order valence-electron chi connectivity index (χ3n) is 3.38. The van der Waals surface area contributed by atoms with E-state index in [-0.39, 0.29) is 51.0 Å². The van der Waals surface area contributed by atoms with E-state index in [1.807, 2.05) is 0 Å². The summed E-state index contributed by atoms with van der Waals surface area (Å²) in [6.45, 7) is 2.20. The maximum Gasteiger partial charge on any atom is 3.00 e. The molecule has 0 fully saturated rings. The van der Waals surface area contributed by atoms with Crippen LogP contribution in [0, 0.1) is 0 Å². The van der Waals surface area contributed by atoms with E-state index < -0.39 is 0 Å². The first-order chi connectivity index (χ1) is 8.79. The topological polar surface area (TPSA) is 0 Å². The predicted molar refractivity (Wildman–Crippen MR) is 82.1 cm³/mol. The van der Waals surface area contributed by atoms with Crippen molar-refractivity contribution in [2.45, 2.75) is 13.3 Å². The molecule has 0 unspecified atom stereocenters. The smallest absolute Gasteiger partial charge is 1.00 e. The average Bonchev–Trinajstić information content (AvgIpc) is 2.82. The maximum atomic E-state index is 3.64. The Balaban J connectivity index is 0.00000133. The summed E-state index contributed by atoms with van der Waals surface area (Å²) in [5.74, 6) is 0. The third-order valence-corrected chi connectivity index (χ3v) is 4.07. The van der Waals surface area contributed by atoms with Crippen molar-refractivity contribution in [2.75, 3.05) is 0 Å². The molecule has 0 saturated carbocycles. The van der Waals surface area contributed by atoms with E-state index in [9.17, 15) is 0 Å². The first kappa shape index (κ1) is 21.0. The molecular formula is C17H14BrCl2Zr. The van der Waals surface area contributed by atoms with Crippen LogP contribution in [0.1, 0.15) is 12.5 Å². The minimum absolute atomic E-state index is 0. The normalized spacial score (nSPS) is 9.43. The van der Waals surface area contributed by atoms with Gasteiger partial charge in [0.2, 0.25) is 0 Å². The van der Waals surface area contributed by atoms with Gasteiger partial charge in [0.15, 0.2) is 0 Å². The zero-order chi connectivity index (χ0) is 12.5. The molecule has 0 aromatic heterocycles. The second-order valence-corrected chi connectivity index (χ2v) is 5.36. The van der Waals surface area contributed by atoms with Gasteiger partial charge in [-0.05, 0) is 18.1 Å². The van der Waals surface area contributed by atoms with Gasteiger partial charge in [0.05, 0.1) is 0 Å². The average molecular weight is 460 g/mol. The van der Waals surface area contributed by atoms with Crippen LogP contribution in [0.2, 0.25) is 0 Å². The summed E-state index contributed by atoms with van der Waals surface area (Å²) in [4.78, 5) is 0. The van der Waals surface area contributed by atoms with Crippen LogP contribution < -0.4 is 24.8 Å². The number of rotatable bonds is 2. The fraction of sp³-hybridized carbons (Fsp3) is 0.118. The van der Waals surface area contributed by atoms with Crippen molar-refractivity contribution in [2.24, 2.45) is 0 Å². The summed E-state index contributed by atoms with van der Waals surface area (Å²) >= 11 is 3.64. The Hall–Kier alpha value is -0.00688. The molecule has 0 saturated heterocycles. The van der Waals surface area contributed by atoms with Gasteiger partial charge in [-0.2, -0.15) is 6.07 Å². The quantitative estimate of drug-likeness (QED) is 0.455. The van der Waals surface area contributed by atoms with Crippen molar-refractivity contribution in [3.63, 3.8) is 0 Å². The number of benzene rings is 2. The molecule has 0 aliphatic rings. The molecule has 21 heavy (non-hydrogen) atoms. The number of aryl methyl sites for hydroxylation is 1. The fourth-order valence-corrected chi connectivity index (χ4v) is 2.91. The minimum atomic E-state index is 0. The van der Waals surface area contributed by atoms with Crippen LogP contribution >= 0.6 is 15.9 Å². The maximum absolute atomic E-state index is 3.64. The standard InChI is InChI=1S/C17H14Br.2ClH.Zr/c1-2-12-10-13-6-5-8-14(16(13)11-12)15-7-3-4-9-17(15)18;;;/h3-11H,2H2,1H3;2*1H;/q-1;;;+3/p-2. The molecule has 0 aliphatic heterocycles. The van der Waals surface area contributed by atoms with Crippen molar-refractivity contribution in [1.29, 1.82) is 0 Å². The Bertz CT molecular complexity index is 707. The predicted octanol–water partition coefficient (Wildman–Crippen LogP) is -0.444. The van der Waals surface area contributed by atoms with E-state index in [1.165, 1.54) is 27.5 Å². The summed E-state index contributed by atoms with van der Waals surface area (Å²) in [7, 11) is 0. The zero-order valence-electron chi connectivity index (χ0n) is 11.5. The number of hydrogen-bond donors (Lipinski definition) is 0. The van der Waals surface area contributed by atoms with E-state index >= 15 is 0 Å². The Morgan fingerprint density at radius 1 is 0.952 bits per heavy atom. The Morgan fingerprint density at radius 2 is 1.62 bits per heavy atom. The van der Waals surface area contributed by atoms with Gasteiger partial charge in [-0.15, -0.1) is 34.5 Å². The molecule has 0 bridgehead atoms. The van der Waals surface area contributed by atoms with Gasteiger partial charge in [-0.3, -0.25) is 0 Å². The first-order valence-electron chi connectivity index (χ1n) is 6.23. The molecule has 3 aromatic carbocycles. The summed E-state index contributed by atoms with van der Waals surface area (Å²) in [5, 5.41) is 2.68. The second kappa shape index (κ2) is 9.20. The van der Waals surface area contributed by atoms with E-state index in [1.54, 1.807) is 0 Å². The second-order valence-electron chi connectivity index (χ2n) is 4.51. The summed E-state index contributed by atoms with van der Waals surface area (Å²) < 4.78 is 1.15. The molecule has 0 aliphatic carbocycles. The molecule has 4 heteroatoms. The largest absolute Gasteiger partial charge is 3.00 e. The molecule has 0 atom stereocenters. The van der Waals surface area contributed by atoms with Crippen molar-refractivity contribution in [3.05, 3.63) is 64.6 Å². The van der Waals surface area contributed by atoms with Gasteiger partial charge in [-0.1, -0.05) is 52.7 Å². The van der Waals surface area contributed by atoms with Gasteiger partial charge in [0.25, 0.3) is 0 Å². The van der Waals surface area contributed by atoms with Crippen LogP contribution in [0.5, 0.6) is 0 Å². The van der Waals surface area contributed by atoms with E-state index in [2.05, 4.69) is 77.5 Å².